The lowest BCUT2D eigenvalue weighted by atomic mass is 9.75. The first-order chi connectivity index (χ1) is 10.0. The van der Waals surface area contributed by atoms with E-state index in [2.05, 4.69) is 17.2 Å². The first-order valence-corrected chi connectivity index (χ1v) is 7.46. The van der Waals surface area contributed by atoms with Gasteiger partial charge in [0, 0.05) is 6.20 Å². The first-order valence-electron chi connectivity index (χ1n) is 7.08. The van der Waals surface area contributed by atoms with Crippen LogP contribution in [0, 0.1) is 17.2 Å². The highest BCUT2D eigenvalue weighted by Crippen LogP contribution is 2.37. The summed E-state index contributed by atoms with van der Waals surface area (Å²) >= 11 is 6.11. The molecule has 112 valence electrons. The third-order valence-corrected chi connectivity index (χ3v) is 4.70. The van der Waals surface area contributed by atoms with E-state index < -0.39 is 11.5 Å². The number of carbonyl (C=O) groups is 1. The molecule has 21 heavy (non-hydrogen) atoms. The van der Waals surface area contributed by atoms with E-state index in [1.165, 1.54) is 12.3 Å². The number of pyridine rings is 1. The maximum atomic E-state index is 11.7. The number of halogens is 1. The lowest BCUT2D eigenvalue weighted by molar-refractivity contribution is -0.143. The normalized spacial score (nSPS) is 25.1. The molecule has 1 saturated carbocycles. The molecule has 0 aromatic carbocycles. The van der Waals surface area contributed by atoms with Crippen LogP contribution in [0.4, 0.5) is 5.82 Å². The predicted molar refractivity (Wildman–Crippen MR) is 80.2 cm³/mol. The molecular weight excluding hydrogens is 290 g/mol. The molecule has 0 aliphatic heterocycles. The largest absolute Gasteiger partial charge is 0.480 e. The summed E-state index contributed by atoms with van der Waals surface area (Å²) in [6, 6.07) is 3.48. The van der Waals surface area contributed by atoms with Gasteiger partial charge < -0.3 is 10.4 Å². The molecule has 0 spiro atoms. The summed E-state index contributed by atoms with van der Waals surface area (Å²) in [4.78, 5) is 15.8. The maximum absolute atomic E-state index is 11.7. The summed E-state index contributed by atoms with van der Waals surface area (Å²) in [6.07, 6.45) is 5.33. The van der Waals surface area contributed by atoms with Gasteiger partial charge in [0.05, 0.1) is 5.56 Å². The van der Waals surface area contributed by atoms with Gasteiger partial charge in [-0.15, -0.1) is 0 Å². The van der Waals surface area contributed by atoms with E-state index in [0.29, 0.717) is 18.8 Å². The van der Waals surface area contributed by atoms with Gasteiger partial charge in [-0.05, 0) is 37.7 Å². The van der Waals surface area contributed by atoms with Crippen molar-refractivity contribution in [2.24, 2.45) is 5.92 Å². The maximum Gasteiger partial charge on any atom is 0.329 e. The Morgan fingerprint density at radius 3 is 2.81 bits per heavy atom. The van der Waals surface area contributed by atoms with E-state index in [-0.39, 0.29) is 16.4 Å². The highest BCUT2D eigenvalue weighted by molar-refractivity contribution is 6.34. The smallest absolute Gasteiger partial charge is 0.329 e. The van der Waals surface area contributed by atoms with Crippen LogP contribution in [0.5, 0.6) is 0 Å². The Labute approximate surface area is 128 Å². The zero-order valence-corrected chi connectivity index (χ0v) is 12.7. The van der Waals surface area contributed by atoms with Gasteiger partial charge in [0.15, 0.2) is 0 Å². The quantitative estimate of drug-likeness (QED) is 0.890. The highest BCUT2D eigenvalue weighted by Gasteiger charge is 2.42. The minimum atomic E-state index is -1.05. The fourth-order valence-electron chi connectivity index (χ4n) is 2.81. The van der Waals surface area contributed by atoms with Crippen molar-refractivity contribution < 1.29 is 9.90 Å². The van der Waals surface area contributed by atoms with Gasteiger partial charge >= 0.3 is 5.97 Å². The molecule has 0 atom stereocenters. The standard InChI is InChI=1S/C15H18ClN3O2/c1-2-10-3-6-15(7-4-10,14(20)21)19-13-12(16)11(9-17)5-8-18-13/h5,8,10H,2-4,6-7H2,1H3,(H,18,19)(H,20,21). The molecule has 0 amide bonds. The van der Waals surface area contributed by atoms with Crippen LogP contribution in [0.2, 0.25) is 5.02 Å². The van der Waals surface area contributed by atoms with Gasteiger partial charge in [-0.1, -0.05) is 24.9 Å². The van der Waals surface area contributed by atoms with Gasteiger partial charge in [0.25, 0.3) is 0 Å². The Bertz CT molecular complexity index is 575. The first kappa shape index (κ1) is 15.6. The third kappa shape index (κ3) is 3.11. The Hall–Kier alpha value is -1.80. The molecule has 0 radical (unpaired) electrons. The molecule has 1 aliphatic rings. The molecular formula is C15H18ClN3O2. The summed E-state index contributed by atoms with van der Waals surface area (Å²) in [5.74, 6) is -0.0431. The Kier molecular flexibility index (Phi) is 4.69. The Balaban J connectivity index is 2.26. The lowest BCUT2D eigenvalue weighted by Crippen LogP contribution is -2.49. The molecule has 1 heterocycles. The van der Waals surface area contributed by atoms with Crippen LogP contribution in [0.15, 0.2) is 12.3 Å². The molecule has 0 saturated heterocycles. The van der Waals surface area contributed by atoms with Crippen molar-refractivity contribution in [2.75, 3.05) is 5.32 Å². The monoisotopic (exact) mass is 307 g/mol. The molecule has 2 N–H and O–H groups in total. The van der Waals surface area contributed by atoms with Crippen molar-refractivity contribution in [1.82, 2.24) is 4.98 Å². The number of carboxylic acids is 1. The van der Waals surface area contributed by atoms with Crippen molar-refractivity contribution >= 4 is 23.4 Å². The van der Waals surface area contributed by atoms with Crippen LogP contribution in [0.3, 0.4) is 0 Å². The average molecular weight is 308 g/mol. The van der Waals surface area contributed by atoms with Crippen LogP contribution in [0.1, 0.15) is 44.6 Å². The van der Waals surface area contributed by atoms with Gasteiger partial charge in [-0.2, -0.15) is 5.26 Å². The summed E-state index contributed by atoms with van der Waals surface area (Å²) in [5.41, 5.74) is -0.756. The number of anilines is 1. The topological polar surface area (TPSA) is 86.0 Å². The molecule has 1 aromatic heterocycles. The molecule has 1 aliphatic carbocycles. The number of nitrogens with zero attached hydrogens (tertiary/aromatic N) is 2. The van der Waals surface area contributed by atoms with Crippen LogP contribution in [-0.2, 0) is 4.79 Å². The molecule has 0 bridgehead atoms. The van der Waals surface area contributed by atoms with Crippen LogP contribution < -0.4 is 5.32 Å². The van der Waals surface area contributed by atoms with Crippen molar-refractivity contribution in [3.63, 3.8) is 0 Å². The second kappa shape index (κ2) is 6.31. The Morgan fingerprint density at radius 1 is 1.62 bits per heavy atom. The van der Waals surface area contributed by atoms with E-state index in [1.54, 1.807) is 0 Å². The van der Waals surface area contributed by atoms with Crippen LogP contribution in [0.25, 0.3) is 0 Å². The van der Waals surface area contributed by atoms with Crippen molar-refractivity contribution in [2.45, 2.75) is 44.6 Å². The zero-order chi connectivity index (χ0) is 15.5. The minimum absolute atomic E-state index is 0.179. The zero-order valence-electron chi connectivity index (χ0n) is 11.9. The molecule has 5 nitrogen and oxygen atoms in total. The molecule has 1 aromatic rings. The number of nitrogens with one attached hydrogen (secondary N) is 1. The Morgan fingerprint density at radius 2 is 2.29 bits per heavy atom. The van der Waals surface area contributed by atoms with Crippen LogP contribution in [-0.4, -0.2) is 21.6 Å². The average Bonchev–Trinajstić information content (AvgIpc) is 2.50. The van der Waals surface area contributed by atoms with E-state index in [0.717, 1.165) is 19.3 Å². The highest BCUT2D eigenvalue weighted by atomic mass is 35.5. The SMILES string of the molecule is CCC1CCC(Nc2nccc(C#N)c2Cl)(C(=O)O)CC1. The van der Waals surface area contributed by atoms with Gasteiger partial charge in [-0.25, -0.2) is 9.78 Å². The fraction of sp³-hybridized carbons (Fsp3) is 0.533. The summed E-state index contributed by atoms with van der Waals surface area (Å²) in [6.45, 7) is 2.13. The number of aromatic nitrogens is 1. The van der Waals surface area contributed by atoms with Gasteiger partial charge in [0.2, 0.25) is 0 Å². The van der Waals surface area contributed by atoms with Crippen LogP contribution >= 0.6 is 11.6 Å². The molecule has 6 heteroatoms. The second-order valence-electron chi connectivity index (χ2n) is 5.50. The number of hydrogen-bond acceptors (Lipinski definition) is 4. The minimum Gasteiger partial charge on any atom is -0.480 e. The summed E-state index contributed by atoms with van der Waals surface area (Å²) < 4.78 is 0. The molecule has 2 rings (SSSR count). The second-order valence-corrected chi connectivity index (χ2v) is 5.87. The number of nitriles is 1. The van der Waals surface area contributed by atoms with Gasteiger partial charge in [0.1, 0.15) is 22.4 Å². The van der Waals surface area contributed by atoms with Crippen molar-refractivity contribution in [3.05, 3.63) is 22.8 Å². The van der Waals surface area contributed by atoms with E-state index in [1.807, 2.05) is 6.07 Å². The van der Waals surface area contributed by atoms with E-state index in [9.17, 15) is 9.90 Å². The number of aliphatic carboxylic acids is 1. The summed E-state index contributed by atoms with van der Waals surface area (Å²) in [7, 11) is 0. The summed E-state index contributed by atoms with van der Waals surface area (Å²) in [5, 5.41) is 21.8. The number of carboxylic acid groups (broad SMARTS) is 1. The molecule has 1 fully saturated rings. The predicted octanol–water partition coefficient (Wildman–Crippen LogP) is 3.44. The van der Waals surface area contributed by atoms with Crippen molar-refractivity contribution in [1.29, 1.82) is 5.26 Å². The fourth-order valence-corrected chi connectivity index (χ4v) is 3.02. The lowest BCUT2D eigenvalue weighted by Gasteiger charge is -2.37. The van der Waals surface area contributed by atoms with E-state index in [4.69, 9.17) is 16.9 Å². The van der Waals surface area contributed by atoms with Gasteiger partial charge in [-0.3, -0.25) is 0 Å². The number of rotatable bonds is 4. The third-order valence-electron chi connectivity index (χ3n) is 4.31. The number of hydrogen-bond donors (Lipinski definition) is 2. The van der Waals surface area contributed by atoms with Crippen molar-refractivity contribution in [3.8, 4) is 6.07 Å². The molecule has 0 unspecified atom stereocenters. The van der Waals surface area contributed by atoms with E-state index >= 15 is 0 Å².